The third-order valence-corrected chi connectivity index (χ3v) is 3.46. The van der Waals surface area contributed by atoms with Crippen molar-refractivity contribution in [3.8, 4) is 0 Å². The summed E-state index contributed by atoms with van der Waals surface area (Å²) in [5, 5.41) is 1.25. The molecule has 0 N–H and O–H groups in total. The highest BCUT2D eigenvalue weighted by Crippen LogP contribution is 2.31. The molecule has 1 aromatic rings. The smallest absolute Gasteiger partial charge is 0.143 e. The van der Waals surface area contributed by atoms with Crippen molar-refractivity contribution in [2.24, 2.45) is 0 Å². The summed E-state index contributed by atoms with van der Waals surface area (Å²) in [6, 6.07) is 5.41. The fourth-order valence-electron chi connectivity index (χ4n) is 1.65. The van der Waals surface area contributed by atoms with Crippen LogP contribution >= 0.6 is 35.8 Å². The van der Waals surface area contributed by atoms with Gasteiger partial charge in [-0.15, -0.1) is 0 Å². The van der Waals surface area contributed by atoms with Gasteiger partial charge >= 0.3 is 0 Å². The van der Waals surface area contributed by atoms with Gasteiger partial charge in [0.25, 0.3) is 0 Å². The van der Waals surface area contributed by atoms with Crippen LogP contribution in [0.2, 0.25) is 10.0 Å². The van der Waals surface area contributed by atoms with E-state index in [0.29, 0.717) is 16.5 Å². The van der Waals surface area contributed by atoms with Crippen LogP contribution in [-0.2, 0) is 4.79 Å². The molecule has 0 aliphatic rings. The van der Waals surface area contributed by atoms with E-state index < -0.39 is 0 Å². The summed E-state index contributed by atoms with van der Waals surface area (Å²) in [6.45, 7) is 2.04. The first-order valence-electron chi connectivity index (χ1n) is 5.16. The molecule has 1 atom stereocenters. The fraction of sp³-hybridized carbons (Fsp3) is 0.417. The molecule has 0 fully saturated rings. The van der Waals surface area contributed by atoms with Crippen molar-refractivity contribution in [3.05, 3.63) is 33.8 Å². The van der Waals surface area contributed by atoms with Crippen molar-refractivity contribution in [1.82, 2.24) is 0 Å². The second-order valence-electron chi connectivity index (χ2n) is 3.67. The molecule has 0 radical (unpaired) electrons. The first kappa shape index (κ1) is 13.9. The quantitative estimate of drug-likeness (QED) is 0.790. The molecule has 16 heavy (non-hydrogen) atoms. The van der Waals surface area contributed by atoms with E-state index in [1.54, 1.807) is 12.1 Å². The Morgan fingerprint density at radius 3 is 2.62 bits per heavy atom. The molecule has 0 spiro atoms. The minimum absolute atomic E-state index is 0.140. The molecule has 4 heteroatoms. The lowest BCUT2D eigenvalue weighted by Gasteiger charge is -2.15. The van der Waals surface area contributed by atoms with Crippen LogP contribution in [0.3, 0.4) is 0 Å². The standard InChI is InChI=1S/C12H14Cl2OS/c1-2-8(5-10(15)7-16)11-4-3-9(13)6-12(11)14/h3-4,6,8,16H,2,5,7H2,1H3. The normalized spacial score (nSPS) is 12.5. The number of halogens is 2. The Kier molecular flexibility index (Phi) is 5.67. The van der Waals surface area contributed by atoms with Gasteiger partial charge in [-0.05, 0) is 30.0 Å². The third kappa shape index (κ3) is 3.69. The number of carbonyl (C=O) groups excluding carboxylic acids is 1. The first-order valence-corrected chi connectivity index (χ1v) is 6.54. The van der Waals surface area contributed by atoms with E-state index in [2.05, 4.69) is 12.6 Å². The maximum Gasteiger partial charge on any atom is 0.143 e. The third-order valence-electron chi connectivity index (χ3n) is 2.55. The number of carbonyl (C=O) groups is 1. The number of rotatable bonds is 5. The lowest BCUT2D eigenvalue weighted by molar-refractivity contribution is -0.116. The molecule has 0 saturated heterocycles. The molecule has 1 unspecified atom stereocenters. The highest BCUT2D eigenvalue weighted by Gasteiger charge is 2.16. The molecule has 0 aliphatic heterocycles. The van der Waals surface area contributed by atoms with Crippen molar-refractivity contribution in [1.29, 1.82) is 0 Å². The molecular weight excluding hydrogens is 263 g/mol. The van der Waals surface area contributed by atoms with E-state index >= 15 is 0 Å². The zero-order valence-electron chi connectivity index (χ0n) is 9.04. The number of hydrogen-bond donors (Lipinski definition) is 1. The summed E-state index contributed by atoms with van der Waals surface area (Å²) in [6.07, 6.45) is 1.36. The van der Waals surface area contributed by atoms with Gasteiger partial charge in [-0.1, -0.05) is 36.2 Å². The van der Waals surface area contributed by atoms with Crippen molar-refractivity contribution in [2.45, 2.75) is 25.7 Å². The molecule has 0 heterocycles. The van der Waals surface area contributed by atoms with Crippen LogP contribution in [0.5, 0.6) is 0 Å². The van der Waals surface area contributed by atoms with E-state index in [-0.39, 0.29) is 17.5 Å². The van der Waals surface area contributed by atoms with Crippen molar-refractivity contribution < 1.29 is 4.79 Å². The first-order chi connectivity index (χ1) is 7.58. The molecule has 0 aliphatic carbocycles. The molecule has 1 aromatic carbocycles. The van der Waals surface area contributed by atoms with Crippen molar-refractivity contribution in [2.75, 3.05) is 5.75 Å². The summed E-state index contributed by atoms with van der Waals surface area (Å²) in [4.78, 5) is 11.4. The molecule has 0 saturated carbocycles. The van der Waals surface area contributed by atoms with Crippen LogP contribution in [0.4, 0.5) is 0 Å². The minimum atomic E-state index is 0.140. The summed E-state index contributed by atoms with van der Waals surface area (Å²) in [5.74, 6) is 0.576. The molecule has 88 valence electrons. The lowest BCUT2D eigenvalue weighted by atomic mass is 9.92. The predicted octanol–water partition coefficient (Wildman–Crippen LogP) is 4.38. The lowest BCUT2D eigenvalue weighted by Crippen LogP contribution is -2.08. The average Bonchev–Trinajstić information content (AvgIpc) is 2.26. The van der Waals surface area contributed by atoms with Gasteiger partial charge in [-0.25, -0.2) is 0 Å². The maximum absolute atomic E-state index is 11.4. The van der Waals surface area contributed by atoms with Gasteiger partial charge in [0.2, 0.25) is 0 Å². The van der Waals surface area contributed by atoms with Crippen LogP contribution < -0.4 is 0 Å². The molecular formula is C12H14Cl2OS. The summed E-state index contributed by atoms with van der Waals surface area (Å²) >= 11 is 15.9. The number of benzene rings is 1. The van der Waals surface area contributed by atoms with E-state index in [4.69, 9.17) is 23.2 Å². The van der Waals surface area contributed by atoms with E-state index in [0.717, 1.165) is 12.0 Å². The highest BCUT2D eigenvalue weighted by atomic mass is 35.5. The molecule has 0 bridgehead atoms. The van der Waals surface area contributed by atoms with E-state index in [9.17, 15) is 4.79 Å². The minimum Gasteiger partial charge on any atom is -0.299 e. The molecule has 1 nitrogen and oxygen atoms in total. The second kappa shape index (κ2) is 6.53. The number of thiol groups is 1. The fourth-order valence-corrected chi connectivity index (χ4v) is 2.34. The Bertz CT molecular complexity index is 379. The van der Waals surface area contributed by atoms with Gasteiger partial charge in [0, 0.05) is 22.2 Å². The van der Waals surface area contributed by atoms with Gasteiger partial charge in [0.15, 0.2) is 0 Å². The number of Topliss-reactive ketones (excluding diaryl/α,β-unsaturated/α-hetero) is 1. The van der Waals surface area contributed by atoms with Gasteiger partial charge in [0.05, 0.1) is 0 Å². The van der Waals surface area contributed by atoms with Crippen LogP contribution in [0.1, 0.15) is 31.2 Å². The zero-order chi connectivity index (χ0) is 12.1. The van der Waals surface area contributed by atoms with Gasteiger partial charge < -0.3 is 0 Å². The van der Waals surface area contributed by atoms with Crippen LogP contribution in [0, 0.1) is 0 Å². The molecule has 0 aromatic heterocycles. The van der Waals surface area contributed by atoms with Gasteiger partial charge in [-0.3, -0.25) is 4.79 Å². The SMILES string of the molecule is CCC(CC(=O)CS)c1ccc(Cl)cc1Cl. The topological polar surface area (TPSA) is 17.1 Å². The van der Waals surface area contributed by atoms with E-state index in [1.807, 2.05) is 13.0 Å². The Morgan fingerprint density at radius 2 is 2.12 bits per heavy atom. The maximum atomic E-state index is 11.4. The van der Waals surface area contributed by atoms with Crippen molar-refractivity contribution >= 4 is 41.6 Å². The largest absolute Gasteiger partial charge is 0.299 e. The van der Waals surface area contributed by atoms with E-state index in [1.165, 1.54) is 0 Å². The van der Waals surface area contributed by atoms with Crippen molar-refractivity contribution in [3.63, 3.8) is 0 Å². The summed E-state index contributed by atoms with van der Waals surface area (Å²) in [5.41, 5.74) is 0.990. The second-order valence-corrected chi connectivity index (χ2v) is 4.83. The van der Waals surface area contributed by atoms with Gasteiger partial charge in [0.1, 0.15) is 5.78 Å². The number of hydrogen-bond acceptors (Lipinski definition) is 2. The van der Waals surface area contributed by atoms with Crippen LogP contribution in [0.15, 0.2) is 18.2 Å². The Hall–Kier alpha value is -0.180. The van der Waals surface area contributed by atoms with Crippen LogP contribution in [0.25, 0.3) is 0 Å². The Labute approximate surface area is 112 Å². The van der Waals surface area contributed by atoms with Gasteiger partial charge in [-0.2, -0.15) is 12.6 Å². The summed E-state index contributed by atoms with van der Waals surface area (Å²) in [7, 11) is 0. The van der Waals surface area contributed by atoms with Crippen LogP contribution in [-0.4, -0.2) is 11.5 Å². The monoisotopic (exact) mass is 276 g/mol. The molecule has 1 rings (SSSR count). The average molecular weight is 277 g/mol. The zero-order valence-corrected chi connectivity index (χ0v) is 11.4. The highest BCUT2D eigenvalue weighted by molar-refractivity contribution is 7.81. The summed E-state index contributed by atoms with van der Waals surface area (Å²) < 4.78 is 0. The Morgan fingerprint density at radius 1 is 1.44 bits per heavy atom. The number of ketones is 1. The molecule has 0 amide bonds. The Balaban J connectivity index is 2.90. The predicted molar refractivity (Wildman–Crippen MR) is 73.0 cm³/mol.